The van der Waals surface area contributed by atoms with Crippen LogP contribution in [-0.2, 0) is 4.79 Å². The van der Waals surface area contributed by atoms with E-state index in [1.807, 2.05) is 0 Å². The quantitative estimate of drug-likeness (QED) is 0.645. The third-order valence-corrected chi connectivity index (χ3v) is 3.22. The summed E-state index contributed by atoms with van der Waals surface area (Å²) in [5.41, 5.74) is -0.346. The summed E-state index contributed by atoms with van der Waals surface area (Å²) in [6, 6.07) is 7.46. The van der Waals surface area contributed by atoms with E-state index in [9.17, 15) is 19.3 Å². The third kappa shape index (κ3) is 4.54. The van der Waals surface area contributed by atoms with Gasteiger partial charge in [-0.3, -0.25) is 14.9 Å². The summed E-state index contributed by atoms with van der Waals surface area (Å²) in [5.74, 6) is -1.05. The highest BCUT2D eigenvalue weighted by atomic mass is 35.5. The molecule has 0 fully saturated rings. The van der Waals surface area contributed by atoms with Gasteiger partial charge in [0.05, 0.1) is 9.95 Å². The highest BCUT2D eigenvalue weighted by Crippen LogP contribution is 2.27. The molecule has 2 aromatic rings. The number of carbonyl (C=O) groups excluding carboxylic acids is 1. The van der Waals surface area contributed by atoms with Gasteiger partial charge in [-0.25, -0.2) is 4.39 Å². The zero-order valence-corrected chi connectivity index (χ0v) is 12.9. The Morgan fingerprint density at radius 1 is 1.26 bits per heavy atom. The zero-order chi connectivity index (χ0) is 17.0. The predicted octanol–water partition coefficient (Wildman–Crippen LogP) is 4.06. The van der Waals surface area contributed by atoms with E-state index in [-0.39, 0.29) is 27.2 Å². The molecule has 0 aromatic heterocycles. The van der Waals surface area contributed by atoms with Crippen molar-refractivity contribution in [2.75, 3.05) is 11.9 Å². The first-order valence-corrected chi connectivity index (χ1v) is 6.94. The number of carbonyl (C=O) groups is 1. The molecule has 0 spiro atoms. The van der Waals surface area contributed by atoms with Crippen molar-refractivity contribution in [2.24, 2.45) is 0 Å². The summed E-state index contributed by atoms with van der Waals surface area (Å²) >= 11 is 11.3. The number of nitro groups is 1. The summed E-state index contributed by atoms with van der Waals surface area (Å²) in [5, 5.41) is 13.3. The summed E-state index contributed by atoms with van der Waals surface area (Å²) in [6.07, 6.45) is 0. The van der Waals surface area contributed by atoms with Crippen LogP contribution >= 0.6 is 23.2 Å². The molecule has 0 atom stereocenters. The average molecular weight is 359 g/mol. The smallest absolute Gasteiger partial charge is 0.294 e. The van der Waals surface area contributed by atoms with Crippen LogP contribution in [0.2, 0.25) is 10.0 Å². The summed E-state index contributed by atoms with van der Waals surface area (Å²) in [7, 11) is 0. The Hall–Kier alpha value is -2.38. The minimum Gasteiger partial charge on any atom is -0.484 e. The van der Waals surface area contributed by atoms with Gasteiger partial charge in [0, 0.05) is 17.2 Å². The fourth-order valence-electron chi connectivity index (χ4n) is 1.66. The van der Waals surface area contributed by atoms with E-state index in [0.717, 1.165) is 12.1 Å². The lowest BCUT2D eigenvalue weighted by Gasteiger charge is -2.08. The van der Waals surface area contributed by atoms with Crippen molar-refractivity contribution in [3.63, 3.8) is 0 Å². The number of ether oxygens (including phenoxy) is 1. The lowest BCUT2D eigenvalue weighted by Crippen LogP contribution is -2.20. The molecule has 1 N–H and O–H groups in total. The number of nitrogens with one attached hydrogen (secondary N) is 1. The molecule has 2 rings (SSSR count). The molecule has 0 saturated carbocycles. The summed E-state index contributed by atoms with van der Waals surface area (Å²) in [4.78, 5) is 22.1. The topological polar surface area (TPSA) is 81.5 Å². The van der Waals surface area contributed by atoms with E-state index < -0.39 is 23.3 Å². The van der Waals surface area contributed by atoms with Gasteiger partial charge >= 0.3 is 0 Å². The number of nitro benzene ring substituents is 1. The van der Waals surface area contributed by atoms with Gasteiger partial charge in [0.1, 0.15) is 17.3 Å². The Morgan fingerprint density at radius 2 is 2.00 bits per heavy atom. The Labute approximate surface area is 139 Å². The minimum absolute atomic E-state index is 0.00913. The van der Waals surface area contributed by atoms with E-state index in [0.29, 0.717) is 0 Å². The first-order chi connectivity index (χ1) is 10.9. The van der Waals surface area contributed by atoms with Crippen molar-refractivity contribution in [1.82, 2.24) is 0 Å². The van der Waals surface area contributed by atoms with Crippen molar-refractivity contribution >= 4 is 40.5 Å². The normalized spacial score (nSPS) is 10.2. The number of anilines is 1. The molecule has 0 aliphatic rings. The molecule has 1 amide bonds. The predicted molar refractivity (Wildman–Crippen MR) is 83.6 cm³/mol. The number of hydrogen-bond donors (Lipinski definition) is 1. The van der Waals surface area contributed by atoms with E-state index in [2.05, 4.69) is 5.32 Å². The first kappa shape index (κ1) is 17.0. The number of amides is 1. The van der Waals surface area contributed by atoms with E-state index in [1.54, 1.807) is 0 Å². The first-order valence-electron chi connectivity index (χ1n) is 6.18. The van der Waals surface area contributed by atoms with Crippen molar-refractivity contribution in [3.8, 4) is 5.75 Å². The minimum atomic E-state index is -0.665. The number of benzene rings is 2. The standard InChI is InChI=1S/C14H9Cl2FN2O4/c15-8-1-4-12(13(5-8)19(21)22)18-14(20)7-23-9-2-3-11(17)10(16)6-9/h1-6H,7H2,(H,18,20). The summed E-state index contributed by atoms with van der Waals surface area (Å²) < 4.78 is 18.1. The van der Waals surface area contributed by atoms with Crippen molar-refractivity contribution in [1.29, 1.82) is 0 Å². The van der Waals surface area contributed by atoms with Gasteiger partial charge in [-0.05, 0) is 24.3 Å². The van der Waals surface area contributed by atoms with Crippen LogP contribution in [0, 0.1) is 15.9 Å². The van der Waals surface area contributed by atoms with Gasteiger partial charge < -0.3 is 10.1 Å². The van der Waals surface area contributed by atoms with Crippen LogP contribution in [0.3, 0.4) is 0 Å². The fraction of sp³-hybridized carbons (Fsp3) is 0.0714. The van der Waals surface area contributed by atoms with Gasteiger partial charge in [-0.15, -0.1) is 0 Å². The highest BCUT2D eigenvalue weighted by molar-refractivity contribution is 6.31. The molecular weight excluding hydrogens is 350 g/mol. The van der Waals surface area contributed by atoms with E-state index >= 15 is 0 Å². The SMILES string of the molecule is O=C(COc1ccc(F)c(Cl)c1)Nc1ccc(Cl)cc1[N+](=O)[O-]. The molecule has 6 nitrogen and oxygen atoms in total. The van der Waals surface area contributed by atoms with Crippen LogP contribution in [0.25, 0.3) is 0 Å². The van der Waals surface area contributed by atoms with Crippen molar-refractivity contribution in [3.05, 3.63) is 62.4 Å². The lowest BCUT2D eigenvalue weighted by atomic mass is 10.2. The van der Waals surface area contributed by atoms with Gasteiger partial charge in [0.2, 0.25) is 0 Å². The fourth-order valence-corrected chi connectivity index (χ4v) is 2.00. The van der Waals surface area contributed by atoms with Gasteiger partial charge in [0.15, 0.2) is 6.61 Å². The Morgan fingerprint density at radius 3 is 2.65 bits per heavy atom. The maximum Gasteiger partial charge on any atom is 0.294 e. The molecule has 0 heterocycles. The molecule has 9 heteroatoms. The average Bonchev–Trinajstić information content (AvgIpc) is 2.50. The highest BCUT2D eigenvalue weighted by Gasteiger charge is 2.16. The number of nitrogens with zero attached hydrogens (tertiary/aromatic N) is 1. The van der Waals surface area contributed by atoms with E-state index in [4.69, 9.17) is 27.9 Å². The lowest BCUT2D eigenvalue weighted by molar-refractivity contribution is -0.383. The van der Waals surface area contributed by atoms with E-state index in [1.165, 1.54) is 24.3 Å². The Kier molecular flexibility index (Phi) is 5.36. The molecular formula is C14H9Cl2FN2O4. The van der Waals surface area contributed by atoms with Crippen molar-refractivity contribution in [2.45, 2.75) is 0 Å². The zero-order valence-electron chi connectivity index (χ0n) is 11.4. The number of rotatable bonds is 5. The van der Waals surface area contributed by atoms with Crippen LogP contribution in [0.15, 0.2) is 36.4 Å². The molecule has 2 aromatic carbocycles. The van der Waals surface area contributed by atoms with Crippen LogP contribution in [0.4, 0.5) is 15.8 Å². The van der Waals surface area contributed by atoms with Crippen LogP contribution < -0.4 is 10.1 Å². The Bertz CT molecular complexity index is 770. The molecule has 0 saturated heterocycles. The molecule has 0 radical (unpaired) electrons. The second-order valence-electron chi connectivity index (χ2n) is 4.33. The Balaban J connectivity index is 2.02. The van der Waals surface area contributed by atoms with Crippen LogP contribution in [0.5, 0.6) is 5.75 Å². The van der Waals surface area contributed by atoms with Crippen LogP contribution in [0.1, 0.15) is 0 Å². The van der Waals surface area contributed by atoms with Gasteiger partial charge in [0.25, 0.3) is 11.6 Å². The number of hydrogen-bond acceptors (Lipinski definition) is 4. The maximum absolute atomic E-state index is 13.0. The monoisotopic (exact) mass is 358 g/mol. The van der Waals surface area contributed by atoms with Crippen LogP contribution in [-0.4, -0.2) is 17.4 Å². The van der Waals surface area contributed by atoms with Crippen molar-refractivity contribution < 1.29 is 18.8 Å². The summed E-state index contributed by atoms with van der Waals surface area (Å²) in [6.45, 7) is -0.429. The molecule has 0 unspecified atom stereocenters. The largest absolute Gasteiger partial charge is 0.484 e. The maximum atomic E-state index is 13.0. The second-order valence-corrected chi connectivity index (χ2v) is 5.17. The molecule has 0 bridgehead atoms. The molecule has 0 aliphatic carbocycles. The number of halogens is 3. The molecule has 0 aliphatic heterocycles. The van der Waals surface area contributed by atoms with Gasteiger partial charge in [-0.2, -0.15) is 0 Å². The molecule has 23 heavy (non-hydrogen) atoms. The third-order valence-electron chi connectivity index (χ3n) is 2.69. The second kappa shape index (κ2) is 7.26. The van der Waals surface area contributed by atoms with Gasteiger partial charge in [-0.1, -0.05) is 23.2 Å². The molecule has 120 valence electrons.